The zero-order chi connectivity index (χ0) is 18.7. The number of carbonyl (C=O) groups excluding carboxylic acids is 2. The molecule has 134 valence electrons. The molecule has 0 saturated carbocycles. The fourth-order valence-electron chi connectivity index (χ4n) is 2.52. The first-order valence-electron chi connectivity index (χ1n) is 7.91. The lowest BCUT2D eigenvalue weighted by molar-refractivity contribution is -0.123. The van der Waals surface area contributed by atoms with Gasteiger partial charge in [-0.15, -0.1) is 0 Å². The molecule has 0 aliphatic carbocycles. The Morgan fingerprint density at radius 3 is 2.50 bits per heavy atom. The summed E-state index contributed by atoms with van der Waals surface area (Å²) >= 11 is 3.43. The molecular weight excluding hydrogens is 400 g/mol. The van der Waals surface area contributed by atoms with Crippen LogP contribution in [0, 0.1) is 13.8 Å². The second-order valence-electron chi connectivity index (χ2n) is 5.77. The molecule has 26 heavy (non-hydrogen) atoms. The van der Waals surface area contributed by atoms with Crippen LogP contribution in [0.25, 0.3) is 10.8 Å². The summed E-state index contributed by atoms with van der Waals surface area (Å²) in [6.07, 6.45) is 0. The third kappa shape index (κ3) is 4.23. The molecule has 2 aromatic carbocycles. The summed E-state index contributed by atoms with van der Waals surface area (Å²) in [5.41, 5.74) is 5.04. The Hall–Kier alpha value is -2.80. The predicted octanol–water partition coefficient (Wildman–Crippen LogP) is 3.65. The highest BCUT2D eigenvalue weighted by molar-refractivity contribution is 9.10. The van der Waals surface area contributed by atoms with Gasteiger partial charge in [-0.25, -0.2) is 0 Å². The van der Waals surface area contributed by atoms with E-state index in [1.54, 1.807) is 26.0 Å². The molecule has 3 rings (SSSR count). The van der Waals surface area contributed by atoms with Crippen molar-refractivity contribution in [2.75, 3.05) is 6.61 Å². The maximum atomic E-state index is 12.0. The molecule has 7 heteroatoms. The Bertz CT molecular complexity index is 981. The van der Waals surface area contributed by atoms with Crippen molar-refractivity contribution in [1.82, 2.24) is 10.9 Å². The Kier molecular flexibility index (Phi) is 5.27. The first-order valence-corrected chi connectivity index (χ1v) is 8.70. The summed E-state index contributed by atoms with van der Waals surface area (Å²) in [5.74, 6) is 0.789. The minimum atomic E-state index is -0.466. The molecule has 0 aliphatic rings. The molecule has 0 radical (unpaired) electrons. The lowest BCUT2D eigenvalue weighted by Crippen LogP contribution is -2.43. The zero-order valence-electron chi connectivity index (χ0n) is 14.3. The van der Waals surface area contributed by atoms with E-state index in [9.17, 15) is 9.59 Å². The van der Waals surface area contributed by atoms with Crippen LogP contribution in [0.4, 0.5) is 0 Å². The highest BCUT2D eigenvalue weighted by atomic mass is 79.9. The maximum absolute atomic E-state index is 12.0. The molecule has 3 aromatic rings. The van der Waals surface area contributed by atoms with Gasteiger partial charge in [0.25, 0.3) is 11.8 Å². The average Bonchev–Trinajstić information content (AvgIpc) is 2.96. The number of furan rings is 1. The van der Waals surface area contributed by atoms with Crippen molar-refractivity contribution >= 4 is 38.5 Å². The second-order valence-corrected chi connectivity index (χ2v) is 6.69. The largest absolute Gasteiger partial charge is 0.484 e. The van der Waals surface area contributed by atoms with Gasteiger partial charge in [-0.3, -0.25) is 20.4 Å². The summed E-state index contributed by atoms with van der Waals surface area (Å²) in [6.45, 7) is 3.22. The number of carbonyl (C=O) groups is 2. The van der Waals surface area contributed by atoms with Crippen LogP contribution in [0.2, 0.25) is 0 Å². The number of fused-ring (bicyclic) bond motifs is 1. The van der Waals surface area contributed by atoms with Crippen LogP contribution in [0.3, 0.4) is 0 Å². The van der Waals surface area contributed by atoms with Crippen LogP contribution in [0.1, 0.15) is 21.9 Å². The van der Waals surface area contributed by atoms with Crippen molar-refractivity contribution in [2.45, 2.75) is 13.8 Å². The van der Waals surface area contributed by atoms with Crippen molar-refractivity contribution < 1.29 is 18.7 Å². The standard InChI is InChI=1S/C19H17BrN2O4/c1-11-7-17(12(2)26-11)19(24)22-21-18(23)10-25-16-6-4-13-8-15(20)5-3-14(13)9-16/h3-9H,10H2,1-2H3,(H,21,23)(H,22,24). The molecule has 0 atom stereocenters. The minimum absolute atomic E-state index is 0.217. The van der Waals surface area contributed by atoms with Gasteiger partial charge in [-0.1, -0.05) is 28.1 Å². The topological polar surface area (TPSA) is 80.6 Å². The van der Waals surface area contributed by atoms with Crippen LogP contribution < -0.4 is 15.6 Å². The number of hydrazine groups is 1. The number of benzene rings is 2. The smallest absolute Gasteiger partial charge is 0.276 e. The molecule has 2 N–H and O–H groups in total. The fraction of sp³-hybridized carbons (Fsp3) is 0.158. The van der Waals surface area contributed by atoms with Crippen molar-refractivity contribution in [3.63, 3.8) is 0 Å². The Morgan fingerprint density at radius 1 is 1.04 bits per heavy atom. The van der Waals surface area contributed by atoms with Gasteiger partial charge in [0, 0.05) is 4.47 Å². The molecule has 0 unspecified atom stereocenters. The van der Waals surface area contributed by atoms with E-state index in [1.165, 1.54) is 0 Å². The summed E-state index contributed by atoms with van der Waals surface area (Å²) in [6, 6.07) is 13.1. The van der Waals surface area contributed by atoms with Crippen molar-refractivity contribution in [1.29, 1.82) is 0 Å². The molecule has 0 aliphatic heterocycles. The van der Waals surface area contributed by atoms with Crippen LogP contribution in [0.5, 0.6) is 5.75 Å². The highest BCUT2D eigenvalue weighted by Crippen LogP contribution is 2.24. The van der Waals surface area contributed by atoms with Gasteiger partial charge in [-0.05, 0) is 55.0 Å². The zero-order valence-corrected chi connectivity index (χ0v) is 15.8. The first kappa shape index (κ1) is 18.0. The Balaban J connectivity index is 1.53. The SMILES string of the molecule is Cc1cc(C(=O)NNC(=O)COc2ccc3cc(Br)ccc3c2)c(C)o1. The van der Waals surface area contributed by atoms with Crippen molar-refractivity contribution in [2.24, 2.45) is 0 Å². The van der Waals surface area contributed by atoms with Gasteiger partial charge in [0.1, 0.15) is 17.3 Å². The average molecular weight is 417 g/mol. The molecule has 1 aromatic heterocycles. The predicted molar refractivity (Wildman–Crippen MR) is 101 cm³/mol. The van der Waals surface area contributed by atoms with Crippen LogP contribution in [0.15, 0.2) is 51.4 Å². The minimum Gasteiger partial charge on any atom is -0.484 e. The number of ether oxygens (including phenoxy) is 1. The third-order valence-electron chi connectivity index (χ3n) is 3.74. The molecule has 1 heterocycles. The molecule has 0 bridgehead atoms. The summed E-state index contributed by atoms with van der Waals surface area (Å²) in [7, 11) is 0. The van der Waals surface area contributed by atoms with E-state index in [4.69, 9.17) is 9.15 Å². The van der Waals surface area contributed by atoms with Crippen molar-refractivity contribution in [3.05, 3.63) is 64.0 Å². The fourth-order valence-corrected chi connectivity index (χ4v) is 2.90. The number of halogens is 1. The molecule has 2 amide bonds. The number of aryl methyl sites for hydroxylation is 2. The lowest BCUT2D eigenvalue weighted by atomic mass is 10.1. The monoisotopic (exact) mass is 416 g/mol. The van der Waals surface area contributed by atoms with E-state index in [1.807, 2.05) is 30.3 Å². The van der Waals surface area contributed by atoms with E-state index >= 15 is 0 Å². The van der Waals surface area contributed by atoms with E-state index in [2.05, 4.69) is 26.8 Å². The molecule has 6 nitrogen and oxygen atoms in total. The number of hydrogen-bond acceptors (Lipinski definition) is 4. The highest BCUT2D eigenvalue weighted by Gasteiger charge is 2.14. The van der Waals surface area contributed by atoms with Gasteiger partial charge in [0.15, 0.2) is 6.61 Å². The van der Waals surface area contributed by atoms with Crippen LogP contribution >= 0.6 is 15.9 Å². The lowest BCUT2D eigenvalue weighted by Gasteiger charge is -2.09. The summed E-state index contributed by atoms with van der Waals surface area (Å²) in [4.78, 5) is 23.9. The van der Waals surface area contributed by atoms with Gasteiger partial charge >= 0.3 is 0 Å². The van der Waals surface area contributed by atoms with Gasteiger partial charge in [0.2, 0.25) is 0 Å². The van der Waals surface area contributed by atoms with Gasteiger partial charge in [0.05, 0.1) is 5.56 Å². The van der Waals surface area contributed by atoms with E-state index < -0.39 is 11.8 Å². The second kappa shape index (κ2) is 7.61. The summed E-state index contributed by atoms with van der Waals surface area (Å²) in [5, 5.41) is 2.07. The Morgan fingerprint density at radius 2 is 1.77 bits per heavy atom. The van der Waals surface area contributed by atoms with Gasteiger partial charge < -0.3 is 9.15 Å². The Labute approximate surface area is 158 Å². The van der Waals surface area contributed by atoms with Gasteiger partial charge in [-0.2, -0.15) is 0 Å². The third-order valence-corrected chi connectivity index (χ3v) is 4.24. The molecule has 0 saturated heterocycles. The van der Waals surface area contributed by atoms with E-state index in [0.29, 0.717) is 22.8 Å². The molecule has 0 spiro atoms. The van der Waals surface area contributed by atoms with Crippen LogP contribution in [-0.2, 0) is 4.79 Å². The van der Waals surface area contributed by atoms with E-state index in [0.717, 1.165) is 15.2 Å². The first-order chi connectivity index (χ1) is 12.4. The number of amides is 2. The number of nitrogens with one attached hydrogen (secondary N) is 2. The van der Waals surface area contributed by atoms with Crippen molar-refractivity contribution in [3.8, 4) is 5.75 Å². The quantitative estimate of drug-likeness (QED) is 0.636. The number of hydrogen-bond donors (Lipinski definition) is 2. The van der Waals surface area contributed by atoms with E-state index in [-0.39, 0.29) is 6.61 Å². The molecular formula is C19H17BrN2O4. The summed E-state index contributed by atoms with van der Waals surface area (Å²) < 4.78 is 11.8. The number of rotatable bonds is 4. The van der Waals surface area contributed by atoms with Crippen LogP contribution in [-0.4, -0.2) is 18.4 Å². The molecule has 0 fully saturated rings. The maximum Gasteiger partial charge on any atom is 0.276 e. The normalized spacial score (nSPS) is 10.6.